The molecule has 4 heteroatoms. The topological polar surface area (TPSA) is 41.9 Å². The lowest BCUT2D eigenvalue weighted by Gasteiger charge is -2.45. The number of ether oxygens (including phenoxy) is 2. The molecule has 114 valence electrons. The third-order valence-corrected chi connectivity index (χ3v) is 5.27. The van der Waals surface area contributed by atoms with Crippen LogP contribution in [0.3, 0.4) is 0 Å². The Morgan fingerprint density at radius 1 is 1.14 bits per heavy atom. The molecule has 0 spiro atoms. The number of hydrogen-bond donors (Lipinski definition) is 1. The first kappa shape index (κ1) is 13.4. The molecule has 0 unspecified atom stereocenters. The van der Waals surface area contributed by atoms with E-state index in [1.807, 2.05) is 12.1 Å². The van der Waals surface area contributed by atoms with Crippen molar-refractivity contribution in [2.75, 3.05) is 26.3 Å². The Bertz CT molecular complexity index is 527. The zero-order valence-electron chi connectivity index (χ0n) is 12.4. The molecule has 1 aromatic rings. The molecule has 4 nitrogen and oxygen atoms in total. The standard InChI is InChI=1S/C17H23NO3/c19-13-5-6-16-14(12-13)15-4-2-1-3-7-17(15,21-16)18-8-10-20-11-9-18/h5-6,12,15,19H,1-4,7-11H2/t15-,17-/m1/s1. The summed E-state index contributed by atoms with van der Waals surface area (Å²) in [7, 11) is 0. The molecular formula is C17H23NO3. The van der Waals surface area contributed by atoms with E-state index >= 15 is 0 Å². The SMILES string of the molecule is Oc1ccc2c(c1)[C@H]1CCCCC[C@@]1(N1CCOCC1)O2. The molecule has 1 aliphatic carbocycles. The van der Waals surface area contributed by atoms with Crippen molar-refractivity contribution in [3.05, 3.63) is 23.8 Å². The highest BCUT2D eigenvalue weighted by molar-refractivity contribution is 5.47. The molecule has 4 rings (SSSR count). The van der Waals surface area contributed by atoms with Gasteiger partial charge in [0.25, 0.3) is 0 Å². The van der Waals surface area contributed by atoms with Gasteiger partial charge in [-0.05, 0) is 31.0 Å². The van der Waals surface area contributed by atoms with E-state index in [1.165, 1.54) is 24.8 Å². The first-order valence-electron chi connectivity index (χ1n) is 8.14. The molecule has 3 aliphatic rings. The molecule has 0 aromatic heterocycles. The summed E-state index contributed by atoms with van der Waals surface area (Å²) in [5.74, 6) is 1.69. The monoisotopic (exact) mass is 289 g/mol. The minimum absolute atomic E-state index is 0.212. The van der Waals surface area contributed by atoms with Crippen LogP contribution in [-0.4, -0.2) is 42.0 Å². The van der Waals surface area contributed by atoms with Gasteiger partial charge in [-0.2, -0.15) is 0 Å². The largest absolute Gasteiger partial charge is 0.508 e. The minimum Gasteiger partial charge on any atom is -0.508 e. The number of aromatic hydroxyl groups is 1. The van der Waals surface area contributed by atoms with Crippen LogP contribution in [0.2, 0.25) is 0 Å². The molecule has 1 aromatic carbocycles. The number of rotatable bonds is 1. The van der Waals surface area contributed by atoms with Crippen molar-refractivity contribution >= 4 is 0 Å². The predicted octanol–water partition coefficient (Wildman–Crippen LogP) is 2.86. The minimum atomic E-state index is -0.212. The number of phenolic OH excluding ortho intramolecular Hbond substituents is 1. The first-order chi connectivity index (χ1) is 10.3. The van der Waals surface area contributed by atoms with Crippen LogP contribution in [0.4, 0.5) is 0 Å². The van der Waals surface area contributed by atoms with Crippen LogP contribution in [0.15, 0.2) is 18.2 Å². The Morgan fingerprint density at radius 2 is 2.00 bits per heavy atom. The van der Waals surface area contributed by atoms with E-state index in [-0.39, 0.29) is 5.72 Å². The lowest BCUT2D eigenvalue weighted by molar-refractivity contribution is -0.128. The Balaban J connectivity index is 1.75. The van der Waals surface area contributed by atoms with Crippen molar-refractivity contribution in [2.45, 2.75) is 43.7 Å². The van der Waals surface area contributed by atoms with Gasteiger partial charge in [-0.3, -0.25) is 4.90 Å². The van der Waals surface area contributed by atoms with Crippen molar-refractivity contribution in [1.82, 2.24) is 4.90 Å². The maximum absolute atomic E-state index is 9.86. The lowest BCUT2D eigenvalue weighted by Crippen LogP contribution is -2.57. The number of fused-ring (bicyclic) bond motifs is 3. The zero-order valence-corrected chi connectivity index (χ0v) is 12.4. The van der Waals surface area contributed by atoms with Crippen LogP contribution in [0.1, 0.15) is 43.6 Å². The van der Waals surface area contributed by atoms with Gasteiger partial charge in [-0.1, -0.05) is 12.8 Å². The number of hydrogen-bond acceptors (Lipinski definition) is 4. The zero-order chi connectivity index (χ0) is 14.3. The molecule has 0 bridgehead atoms. The smallest absolute Gasteiger partial charge is 0.170 e. The van der Waals surface area contributed by atoms with E-state index in [1.54, 1.807) is 6.07 Å². The van der Waals surface area contributed by atoms with E-state index in [0.717, 1.165) is 44.9 Å². The van der Waals surface area contributed by atoms with Gasteiger partial charge in [-0.15, -0.1) is 0 Å². The van der Waals surface area contributed by atoms with Crippen LogP contribution in [0.25, 0.3) is 0 Å². The van der Waals surface area contributed by atoms with Crippen LogP contribution in [0.5, 0.6) is 11.5 Å². The summed E-state index contributed by atoms with van der Waals surface area (Å²) >= 11 is 0. The second-order valence-electron chi connectivity index (χ2n) is 6.42. The Labute approximate surface area is 125 Å². The van der Waals surface area contributed by atoms with E-state index in [4.69, 9.17) is 9.47 Å². The summed E-state index contributed by atoms with van der Waals surface area (Å²) in [6.07, 6.45) is 5.96. The molecule has 2 heterocycles. The van der Waals surface area contributed by atoms with Crippen LogP contribution in [-0.2, 0) is 4.74 Å². The Hall–Kier alpha value is -1.26. The molecule has 2 atom stereocenters. The van der Waals surface area contributed by atoms with Gasteiger partial charge >= 0.3 is 0 Å². The average Bonchev–Trinajstić information content (AvgIpc) is 2.68. The summed E-state index contributed by atoms with van der Waals surface area (Å²) in [5, 5.41) is 9.86. The van der Waals surface area contributed by atoms with E-state index in [2.05, 4.69) is 4.90 Å². The summed E-state index contributed by atoms with van der Waals surface area (Å²) in [4.78, 5) is 2.49. The van der Waals surface area contributed by atoms with Crippen LogP contribution in [0, 0.1) is 0 Å². The molecule has 2 aliphatic heterocycles. The molecule has 0 radical (unpaired) electrons. The van der Waals surface area contributed by atoms with Crippen LogP contribution >= 0.6 is 0 Å². The first-order valence-corrected chi connectivity index (χ1v) is 8.14. The number of phenols is 1. The highest BCUT2D eigenvalue weighted by atomic mass is 16.5. The average molecular weight is 289 g/mol. The summed E-state index contributed by atoms with van der Waals surface area (Å²) in [6, 6.07) is 5.58. The van der Waals surface area contributed by atoms with Crippen molar-refractivity contribution in [3.63, 3.8) is 0 Å². The molecule has 1 saturated heterocycles. The lowest BCUT2D eigenvalue weighted by atomic mass is 9.85. The number of nitrogens with zero attached hydrogens (tertiary/aromatic N) is 1. The van der Waals surface area contributed by atoms with Gasteiger partial charge in [0.05, 0.1) is 13.2 Å². The fourth-order valence-corrected chi connectivity index (χ4v) is 4.30. The molecule has 1 saturated carbocycles. The molecule has 0 amide bonds. The van der Waals surface area contributed by atoms with Gasteiger partial charge in [0.1, 0.15) is 11.5 Å². The summed E-state index contributed by atoms with van der Waals surface area (Å²) < 4.78 is 12.1. The number of benzene rings is 1. The molecule has 21 heavy (non-hydrogen) atoms. The predicted molar refractivity (Wildman–Crippen MR) is 79.7 cm³/mol. The second kappa shape index (κ2) is 5.18. The third kappa shape index (κ3) is 2.12. The molecule has 1 N–H and O–H groups in total. The Morgan fingerprint density at radius 3 is 2.86 bits per heavy atom. The van der Waals surface area contributed by atoms with Crippen LogP contribution < -0.4 is 4.74 Å². The molecule has 2 fully saturated rings. The van der Waals surface area contributed by atoms with Gasteiger partial charge in [0, 0.05) is 31.0 Å². The third-order valence-electron chi connectivity index (χ3n) is 5.27. The maximum Gasteiger partial charge on any atom is 0.170 e. The summed E-state index contributed by atoms with van der Waals surface area (Å²) in [5.41, 5.74) is 0.986. The van der Waals surface area contributed by atoms with E-state index in [0.29, 0.717) is 11.7 Å². The highest BCUT2D eigenvalue weighted by Gasteiger charge is 2.52. The number of morpholine rings is 1. The summed E-state index contributed by atoms with van der Waals surface area (Å²) in [6.45, 7) is 3.46. The van der Waals surface area contributed by atoms with E-state index < -0.39 is 0 Å². The Kier molecular flexibility index (Phi) is 3.31. The normalized spacial score (nSPS) is 32.9. The van der Waals surface area contributed by atoms with Gasteiger partial charge in [0.2, 0.25) is 0 Å². The fourth-order valence-electron chi connectivity index (χ4n) is 4.30. The molecular weight excluding hydrogens is 266 g/mol. The van der Waals surface area contributed by atoms with Crippen molar-refractivity contribution in [2.24, 2.45) is 0 Å². The van der Waals surface area contributed by atoms with Crippen molar-refractivity contribution in [1.29, 1.82) is 0 Å². The van der Waals surface area contributed by atoms with Gasteiger partial charge in [0.15, 0.2) is 5.72 Å². The maximum atomic E-state index is 9.86. The second-order valence-corrected chi connectivity index (χ2v) is 6.42. The van der Waals surface area contributed by atoms with Crippen molar-refractivity contribution < 1.29 is 14.6 Å². The highest BCUT2D eigenvalue weighted by Crippen LogP contribution is 2.53. The van der Waals surface area contributed by atoms with E-state index in [9.17, 15) is 5.11 Å². The van der Waals surface area contributed by atoms with Crippen molar-refractivity contribution in [3.8, 4) is 11.5 Å². The van der Waals surface area contributed by atoms with Gasteiger partial charge in [-0.25, -0.2) is 0 Å². The van der Waals surface area contributed by atoms with Gasteiger partial charge < -0.3 is 14.6 Å². The fraction of sp³-hybridized carbons (Fsp3) is 0.647. The quantitative estimate of drug-likeness (QED) is 0.863.